The van der Waals surface area contributed by atoms with Crippen molar-refractivity contribution in [2.24, 2.45) is 5.92 Å². The lowest BCUT2D eigenvalue weighted by atomic mass is 9.82. The quantitative estimate of drug-likeness (QED) is 0.849. The summed E-state index contributed by atoms with van der Waals surface area (Å²) in [5.41, 5.74) is 1.05. The van der Waals surface area contributed by atoms with Gasteiger partial charge in [0.2, 0.25) is 5.91 Å². The average Bonchev–Trinajstić information content (AvgIpc) is 3.23. The van der Waals surface area contributed by atoms with Crippen molar-refractivity contribution < 1.29 is 4.79 Å². The van der Waals surface area contributed by atoms with E-state index in [1.807, 2.05) is 6.07 Å². The normalized spacial score (nSPS) is 25.0. The predicted octanol–water partition coefficient (Wildman–Crippen LogP) is 4.40. The molecule has 1 N–H and O–H groups in total. The Morgan fingerprint density at radius 3 is 2.74 bits per heavy atom. The third kappa shape index (κ3) is 3.05. The smallest absolute Gasteiger partial charge is 0.224 e. The van der Waals surface area contributed by atoms with Gasteiger partial charge < -0.3 is 5.32 Å². The molecule has 3 nitrogen and oxygen atoms in total. The van der Waals surface area contributed by atoms with E-state index < -0.39 is 0 Å². The molecule has 0 radical (unpaired) electrons. The van der Waals surface area contributed by atoms with E-state index in [0.717, 1.165) is 36.2 Å². The molecular weight excluding hydrogens is 304 g/mol. The molecule has 0 spiro atoms. The molecule has 1 aromatic heterocycles. The van der Waals surface area contributed by atoms with Crippen LogP contribution in [0.4, 0.5) is 0 Å². The minimum absolute atomic E-state index is 0.0289. The molecule has 2 atom stereocenters. The van der Waals surface area contributed by atoms with E-state index in [2.05, 4.69) is 35.7 Å². The molecule has 0 bridgehead atoms. The number of nitrogens with one attached hydrogen (secondary N) is 1. The molecule has 0 aliphatic heterocycles. The number of nitrogens with zero attached hydrogens (tertiary/aromatic N) is 1. The molecule has 1 saturated carbocycles. The highest BCUT2D eigenvalue weighted by Gasteiger charge is 2.33. The van der Waals surface area contributed by atoms with Gasteiger partial charge in [0, 0.05) is 12.0 Å². The van der Waals surface area contributed by atoms with E-state index in [1.165, 1.54) is 17.5 Å². The highest BCUT2D eigenvalue weighted by molar-refractivity contribution is 7.18. The van der Waals surface area contributed by atoms with Crippen molar-refractivity contribution in [3.63, 3.8) is 0 Å². The Labute approximate surface area is 140 Å². The van der Waals surface area contributed by atoms with Gasteiger partial charge in [-0.1, -0.05) is 37.1 Å². The fraction of sp³-hybridized carbons (Fsp3) is 0.474. The Balaban J connectivity index is 1.57. The van der Waals surface area contributed by atoms with Crippen molar-refractivity contribution in [2.45, 2.75) is 50.5 Å². The van der Waals surface area contributed by atoms with Crippen LogP contribution < -0.4 is 5.32 Å². The van der Waals surface area contributed by atoms with Crippen LogP contribution in [0, 0.1) is 5.92 Å². The Hall–Kier alpha value is -1.68. The lowest BCUT2D eigenvalue weighted by Crippen LogP contribution is -2.40. The van der Waals surface area contributed by atoms with E-state index in [-0.39, 0.29) is 17.7 Å². The number of aromatic nitrogens is 1. The molecule has 120 valence electrons. The molecular formula is C19H22N2OS. The van der Waals surface area contributed by atoms with Gasteiger partial charge in [-0.25, -0.2) is 4.98 Å². The maximum absolute atomic E-state index is 12.8. The third-order valence-electron chi connectivity index (χ3n) is 5.10. The van der Waals surface area contributed by atoms with Gasteiger partial charge in [0.1, 0.15) is 0 Å². The largest absolute Gasteiger partial charge is 0.353 e. The van der Waals surface area contributed by atoms with Crippen LogP contribution in [0.2, 0.25) is 0 Å². The van der Waals surface area contributed by atoms with Gasteiger partial charge in [-0.3, -0.25) is 4.79 Å². The Morgan fingerprint density at radius 1 is 1.13 bits per heavy atom. The number of allylic oxidation sites excluding steroid dienone is 2. The fourth-order valence-electron chi connectivity index (χ4n) is 3.80. The number of hydrogen-bond donors (Lipinski definition) is 1. The molecule has 0 unspecified atom stereocenters. The van der Waals surface area contributed by atoms with Crippen LogP contribution in [0.25, 0.3) is 10.2 Å². The minimum Gasteiger partial charge on any atom is -0.353 e. The standard InChI is InChI=1S/C19H22N2OS/c22-18(20-13-7-1-2-8-13)14-9-3-4-10-15(14)19-21-16-11-5-6-12-17(16)23-19/h3-6,11-15H,1-2,7-10H2,(H,20,22)/t14-,15-/m0/s1. The van der Waals surface area contributed by atoms with Gasteiger partial charge in [-0.2, -0.15) is 0 Å². The predicted molar refractivity (Wildman–Crippen MR) is 94.6 cm³/mol. The second-order valence-corrected chi connectivity index (χ2v) is 7.73. The number of rotatable bonds is 3. The molecule has 0 saturated heterocycles. The summed E-state index contributed by atoms with van der Waals surface area (Å²) < 4.78 is 1.21. The molecule has 1 aromatic carbocycles. The number of carbonyl (C=O) groups is 1. The topological polar surface area (TPSA) is 42.0 Å². The SMILES string of the molecule is O=C(NC1CCCC1)[C@H]1CC=CC[C@@H]1c1nc2ccccc2s1. The van der Waals surface area contributed by atoms with E-state index in [1.54, 1.807) is 11.3 Å². The van der Waals surface area contributed by atoms with E-state index in [4.69, 9.17) is 4.98 Å². The van der Waals surface area contributed by atoms with E-state index in [0.29, 0.717) is 6.04 Å². The van der Waals surface area contributed by atoms with Gasteiger partial charge in [0.25, 0.3) is 0 Å². The van der Waals surface area contributed by atoms with Crippen molar-refractivity contribution in [1.29, 1.82) is 0 Å². The summed E-state index contributed by atoms with van der Waals surface area (Å²) in [7, 11) is 0. The van der Waals surface area contributed by atoms with Crippen LogP contribution in [0.15, 0.2) is 36.4 Å². The molecule has 1 heterocycles. The average molecular weight is 326 g/mol. The first kappa shape index (κ1) is 14.9. The summed E-state index contributed by atoms with van der Waals surface area (Å²) >= 11 is 1.74. The number of hydrogen-bond acceptors (Lipinski definition) is 3. The zero-order chi connectivity index (χ0) is 15.6. The molecule has 4 heteroatoms. The first-order valence-electron chi connectivity index (χ1n) is 8.62. The first-order chi connectivity index (χ1) is 11.3. The summed E-state index contributed by atoms with van der Waals surface area (Å²) in [6.07, 6.45) is 10.9. The van der Waals surface area contributed by atoms with Gasteiger partial charge in [-0.15, -0.1) is 11.3 Å². The Kier molecular flexibility index (Phi) is 4.17. The first-order valence-corrected chi connectivity index (χ1v) is 9.44. The van der Waals surface area contributed by atoms with Crippen LogP contribution >= 0.6 is 11.3 Å². The third-order valence-corrected chi connectivity index (χ3v) is 6.27. The van der Waals surface area contributed by atoms with Gasteiger partial charge in [0.15, 0.2) is 0 Å². The fourth-order valence-corrected chi connectivity index (χ4v) is 4.95. The number of amides is 1. The lowest BCUT2D eigenvalue weighted by molar-refractivity contribution is -0.126. The van der Waals surface area contributed by atoms with Crippen molar-refractivity contribution in [3.8, 4) is 0 Å². The highest BCUT2D eigenvalue weighted by atomic mass is 32.1. The Bertz CT molecular complexity index is 697. The summed E-state index contributed by atoms with van der Waals surface area (Å²) in [5.74, 6) is 0.477. The summed E-state index contributed by atoms with van der Waals surface area (Å²) in [6.45, 7) is 0. The van der Waals surface area contributed by atoms with E-state index in [9.17, 15) is 4.79 Å². The number of thiazole rings is 1. The highest BCUT2D eigenvalue weighted by Crippen LogP contribution is 2.38. The summed E-state index contributed by atoms with van der Waals surface area (Å²) in [4.78, 5) is 17.6. The van der Waals surface area contributed by atoms with Crippen LogP contribution in [-0.2, 0) is 4.79 Å². The molecule has 2 aliphatic carbocycles. The molecule has 2 aromatic rings. The van der Waals surface area contributed by atoms with Crippen molar-refractivity contribution in [1.82, 2.24) is 10.3 Å². The number of para-hydroxylation sites is 1. The number of fused-ring (bicyclic) bond motifs is 1. The molecule has 1 fully saturated rings. The monoisotopic (exact) mass is 326 g/mol. The molecule has 2 aliphatic rings. The summed E-state index contributed by atoms with van der Waals surface area (Å²) in [6, 6.07) is 8.64. The summed E-state index contributed by atoms with van der Waals surface area (Å²) in [5, 5.41) is 4.40. The maximum atomic E-state index is 12.8. The van der Waals surface area contributed by atoms with Crippen LogP contribution in [0.3, 0.4) is 0 Å². The minimum atomic E-state index is 0.0289. The van der Waals surface area contributed by atoms with Gasteiger partial charge >= 0.3 is 0 Å². The zero-order valence-corrected chi connectivity index (χ0v) is 14.0. The van der Waals surface area contributed by atoms with E-state index >= 15 is 0 Å². The second-order valence-electron chi connectivity index (χ2n) is 6.67. The van der Waals surface area contributed by atoms with Crippen molar-refractivity contribution in [3.05, 3.63) is 41.4 Å². The number of benzene rings is 1. The molecule has 1 amide bonds. The molecule has 4 rings (SSSR count). The lowest BCUT2D eigenvalue weighted by Gasteiger charge is -2.27. The van der Waals surface area contributed by atoms with Crippen molar-refractivity contribution >= 4 is 27.5 Å². The Morgan fingerprint density at radius 2 is 1.91 bits per heavy atom. The van der Waals surface area contributed by atoms with Crippen LogP contribution in [0.1, 0.15) is 49.5 Å². The van der Waals surface area contributed by atoms with Crippen molar-refractivity contribution in [2.75, 3.05) is 0 Å². The van der Waals surface area contributed by atoms with Crippen LogP contribution in [-0.4, -0.2) is 16.9 Å². The van der Waals surface area contributed by atoms with Crippen LogP contribution in [0.5, 0.6) is 0 Å². The van der Waals surface area contributed by atoms with Gasteiger partial charge in [-0.05, 0) is 37.8 Å². The van der Waals surface area contributed by atoms with Gasteiger partial charge in [0.05, 0.1) is 21.1 Å². The second kappa shape index (κ2) is 6.44. The molecule has 23 heavy (non-hydrogen) atoms. The zero-order valence-electron chi connectivity index (χ0n) is 13.2. The number of carbonyl (C=O) groups excluding carboxylic acids is 1. The maximum Gasteiger partial charge on any atom is 0.224 e.